The molecular formula is C20H21N3O3S. The van der Waals surface area contributed by atoms with Gasteiger partial charge in [0.25, 0.3) is 5.56 Å². The van der Waals surface area contributed by atoms with Gasteiger partial charge in [0, 0.05) is 19.8 Å². The molecule has 2 heterocycles. The Morgan fingerprint density at radius 3 is 2.59 bits per heavy atom. The van der Waals surface area contributed by atoms with Gasteiger partial charge in [-0.25, -0.2) is 9.78 Å². The predicted octanol–water partition coefficient (Wildman–Crippen LogP) is 3.71. The molecule has 140 valence electrons. The molecule has 0 spiro atoms. The van der Waals surface area contributed by atoms with Crippen LogP contribution in [0.3, 0.4) is 0 Å². The van der Waals surface area contributed by atoms with Crippen LogP contribution in [0.5, 0.6) is 0 Å². The van der Waals surface area contributed by atoms with Gasteiger partial charge in [0.05, 0.1) is 12.0 Å². The van der Waals surface area contributed by atoms with E-state index in [4.69, 9.17) is 4.74 Å². The van der Waals surface area contributed by atoms with E-state index in [-0.39, 0.29) is 12.2 Å². The molecule has 6 nitrogen and oxygen atoms in total. The number of carbonyl (C=O) groups is 1. The number of aromatic nitrogens is 2. The molecule has 0 aliphatic carbocycles. The van der Waals surface area contributed by atoms with Crippen molar-refractivity contribution in [2.24, 2.45) is 0 Å². The van der Waals surface area contributed by atoms with Crippen LogP contribution in [0.1, 0.15) is 33.5 Å². The van der Waals surface area contributed by atoms with Gasteiger partial charge in [-0.1, -0.05) is 18.2 Å². The first-order valence-electron chi connectivity index (χ1n) is 8.56. The fourth-order valence-corrected chi connectivity index (χ4v) is 3.77. The summed E-state index contributed by atoms with van der Waals surface area (Å²) in [5.41, 5.74) is 2.46. The number of rotatable bonds is 5. The van der Waals surface area contributed by atoms with E-state index in [2.05, 4.69) is 9.97 Å². The number of aromatic amines is 1. The molecule has 0 bridgehead atoms. The van der Waals surface area contributed by atoms with E-state index in [1.165, 1.54) is 11.3 Å². The second-order valence-corrected chi connectivity index (χ2v) is 7.23. The largest absolute Gasteiger partial charge is 0.462 e. The zero-order valence-electron chi connectivity index (χ0n) is 15.7. The van der Waals surface area contributed by atoms with Gasteiger partial charge >= 0.3 is 5.97 Å². The third-order valence-corrected chi connectivity index (χ3v) is 5.29. The first kappa shape index (κ1) is 18.8. The number of aryl methyl sites for hydroxylation is 1. The third kappa shape index (κ3) is 3.93. The summed E-state index contributed by atoms with van der Waals surface area (Å²) >= 11 is 1.18. The molecule has 0 unspecified atom stereocenters. The number of carbonyl (C=O) groups excluding carboxylic acids is 1. The summed E-state index contributed by atoms with van der Waals surface area (Å²) in [7, 11) is 3.98. The minimum absolute atomic E-state index is 0.257. The van der Waals surface area contributed by atoms with Gasteiger partial charge in [0.1, 0.15) is 15.5 Å². The number of hydrogen-bond acceptors (Lipinski definition) is 6. The minimum Gasteiger partial charge on any atom is -0.462 e. The highest BCUT2D eigenvalue weighted by Crippen LogP contribution is 2.27. The Bertz CT molecular complexity index is 1060. The monoisotopic (exact) mass is 383 g/mol. The van der Waals surface area contributed by atoms with E-state index in [9.17, 15) is 9.59 Å². The molecule has 0 atom stereocenters. The van der Waals surface area contributed by atoms with E-state index in [1.807, 2.05) is 49.3 Å². The molecule has 0 amide bonds. The van der Waals surface area contributed by atoms with Gasteiger partial charge in [-0.2, -0.15) is 0 Å². The second kappa shape index (κ2) is 7.75. The number of nitrogens with zero attached hydrogens (tertiary/aromatic N) is 2. The normalized spacial score (nSPS) is 11.3. The molecule has 0 aliphatic heterocycles. The summed E-state index contributed by atoms with van der Waals surface area (Å²) in [5.74, 6) is 0.0244. The molecule has 3 aromatic rings. The Morgan fingerprint density at radius 2 is 1.96 bits per heavy atom. The van der Waals surface area contributed by atoms with Crippen molar-refractivity contribution < 1.29 is 9.53 Å². The van der Waals surface area contributed by atoms with Crippen molar-refractivity contribution in [1.82, 2.24) is 9.97 Å². The highest BCUT2D eigenvalue weighted by molar-refractivity contribution is 7.20. The number of esters is 1. The lowest BCUT2D eigenvalue weighted by Gasteiger charge is -2.11. The minimum atomic E-state index is -0.421. The number of H-pyrrole nitrogens is 1. The lowest BCUT2D eigenvalue weighted by Crippen LogP contribution is -2.10. The maximum atomic E-state index is 12.5. The molecule has 27 heavy (non-hydrogen) atoms. The smallest absolute Gasteiger partial charge is 0.348 e. The maximum absolute atomic E-state index is 12.5. The fourth-order valence-electron chi connectivity index (χ4n) is 2.69. The van der Waals surface area contributed by atoms with Crippen molar-refractivity contribution in [3.63, 3.8) is 0 Å². The molecule has 1 N–H and O–H groups in total. The summed E-state index contributed by atoms with van der Waals surface area (Å²) in [6.45, 7) is 3.78. The summed E-state index contributed by atoms with van der Waals surface area (Å²) in [6, 6.07) is 8.04. The van der Waals surface area contributed by atoms with Crippen LogP contribution in [-0.2, 0) is 4.74 Å². The fraction of sp³-hybridized carbons (Fsp3) is 0.250. The van der Waals surface area contributed by atoms with Crippen LogP contribution >= 0.6 is 11.3 Å². The SMILES string of the molecule is CCOC(=O)c1sc2nc(/C=C/c3ccc(N(C)C)cc3)[nH]c(=O)c2c1C. The molecule has 0 saturated heterocycles. The Hall–Kier alpha value is -2.93. The van der Waals surface area contributed by atoms with Crippen LogP contribution in [0.4, 0.5) is 5.69 Å². The van der Waals surface area contributed by atoms with Gasteiger partial charge in [0.2, 0.25) is 0 Å². The summed E-state index contributed by atoms with van der Waals surface area (Å²) in [6.07, 6.45) is 3.64. The Labute approximate surface area is 161 Å². The Balaban J connectivity index is 1.94. The van der Waals surface area contributed by atoms with Crippen molar-refractivity contribution in [3.05, 3.63) is 56.4 Å². The average Bonchev–Trinajstić information content (AvgIpc) is 2.97. The predicted molar refractivity (Wildman–Crippen MR) is 111 cm³/mol. The molecule has 0 radical (unpaired) electrons. The van der Waals surface area contributed by atoms with Crippen LogP contribution in [0.25, 0.3) is 22.4 Å². The summed E-state index contributed by atoms with van der Waals surface area (Å²) in [5, 5.41) is 0.440. The van der Waals surface area contributed by atoms with Gasteiger partial charge < -0.3 is 14.6 Å². The summed E-state index contributed by atoms with van der Waals surface area (Å²) in [4.78, 5) is 34.7. The third-order valence-electron chi connectivity index (χ3n) is 4.12. The highest BCUT2D eigenvalue weighted by Gasteiger charge is 2.19. The Kier molecular flexibility index (Phi) is 5.41. The number of hydrogen-bond donors (Lipinski definition) is 1. The van der Waals surface area contributed by atoms with Crippen molar-refractivity contribution in [2.45, 2.75) is 13.8 Å². The zero-order chi connectivity index (χ0) is 19.6. The molecule has 7 heteroatoms. The van der Waals surface area contributed by atoms with Gasteiger partial charge in [-0.15, -0.1) is 11.3 Å². The number of nitrogens with one attached hydrogen (secondary N) is 1. The molecule has 0 aliphatic rings. The average molecular weight is 383 g/mol. The van der Waals surface area contributed by atoms with Gasteiger partial charge in [0.15, 0.2) is 0 Å². The molecule has 2 aromatic heterocycles. The van der Waals surface area contributed by atoms with E-state index in [1.54, 1.807) is 19.9 Å². The summed E-state index contributed by atoms with van der Waals surface area (Å²) < 4.78 is 5.05. The van der Waals surface area contributed by atoms with Gasteiger partial charge in [-0.05, 0) is 43.2 Å². The molecule has 0 fully saturated rings. The van der Waals surface area contributed by atoms with Crippen LogP contribution < -0.4 is 10.5 Å². The maximum Gasteiger partial charge on any atom is 0.348 e. The first-order valence-corrected chi connectivity index (χ1v) is 9.38. The molecule has 0 saturated carbocycles. The van der Waals surface area contributed by atoms with Crippen molar-refractivity contribution in [1.29, 1.82) is 0 Å². The van der Waals surface area contributed by atoms with E-state index >= 15 is 0 Å². The number of thiophene rings is 1. The highest BCUT2D eigenvalue weighted by atomic mass is 32.1. The standard InChI is InChI=1S/C20H21N3O3S/c1-5-26-20(25)17-12(2)16-18(24)21-15(22-19(16)27-17)11-8-13-6-9-14(10-7-13)23(3)4/h6-11H,5H2,1-4H3,(H,21,22,24)/b11-8+. The second-order valence-electron chi connectivity index (χ2n) is 6.23. The number of fused-ring (bicyclic) bond motifs is 1. The van der Waals surface area contributed by atoms with E-state index < -0.39 is 5.97 Å². The van der Waals surface area contributed by atoms with Gasteiger partial charge in [-0.3, -0.25) is 4.79 Å². The zero-order valence-corrected chi connectivity index (χ0v) is 16.5. The van der Waals surface area contributed by atoms with E-state index in [0.29, 0.717) is 26.5 Å². The lowest BCUT2D eigenvalue weighted by molar-refractivity contribution is 0.0531. The number of anilines is 1. The van der Waals surface area contributed by atoms with Crippen molar-refractivity contribution in [2.75, 3.05) is 25.6 Å². The quantitative estimate of drug-likeness (QED) is 0.680. The van der Waals surface area contributed by atoms with Crippen LogP contribution in [-0.4, -0.2) is 36.6 Å². The first-order chi connectivity index (χ1) is 12.9. The molecule has 3 rings (SSSR count). The molecule has 1 aromatic carbocycles. The van der Waals surface area contributed by atoms with Crippen LogP contribution in [0.15, 0.2) is 29.1 Å². The number of benzene rings is 1. The van der Waals surface area contributed by atoms with Crippen molar-refractivity contribution in [3.8, 4) is 0 Å². The van der Waals surface area contributed by atoms with Crippen LogP contribution in [0.2, 0.25) is 0 Å². The lowest BCUT2D eigenvalue weighted by atomic mass is 10.2. The number of ether oxygens (including phenoxy) is 1. The molecular weight excluding hydrogens is 362 g/mol. The Morgan fingerprint density at radius 1 is 1.26 bits per heavy atom. The van der Waals surface area contributed by atoms with Crippen molar-refractivity contribution >= 4 is 45.4 Å². The topological polar surface area (TPSA) is 75.3 Å². The van der Waals surface area contributed by atoms with Crippen LogP contribution in [0, 0.1) is 6.92 Å². The van der Waals surface area contributed by atoms with E-state index in [0.717, 1.165) is 11.3 Å².